The Balaban J connectivity index is 0.000000221. The van der Waals surface area contributed by atoms with Crippen LogP contribution in [0.5, 0.6) is 5.06 Å². The molecule has 1 radical (unpaired) electrons. The number of hydrogen-bond acceptors (Lipinski definition) is 5. The highest BCUT2D eigenvalue weighted by molar-refractivity contribution is 7.20. The molecule has 0 fully saturated rings. The number of benzene rings is 1. The second kappa shape index (κ2) is 6.58. The van der Waals surface area contributed by atoms with Crippen molar-refractivity contribution in [3.8, 4) is 5.06 Å². The molecule has 0 spiro atoms. The van der Waals surface area contributed by atoms with Crippen LogP contribution in [0.1, 0.15) is 27.7 Å². The lowest BCUT2D eigenvalue weighted by Gasteiger charge is -2.31. The van der Waals surface area contributed by atoms with Gasteiger partial charge in [0, 0.05) is 4.70 Å². The molecule has 20 heavy (non-hydrogen) atoms. The Morgan fingerprint density at radius 3 is 2.05 bits per heavy atom. The van der Waals surface area contributed by atoms with Crippen molar-refractivity contribution in [2.75, 3.05) is 0 Å². The lowest BCUT2D eigenvalue weighted by molar-refractivity contribution is -0.107. The van der Waals surface area contributed by atoms with Gasteiger partial charge in [0.1, 0.15) is 0 Å². The van der Waals surface area contributed by atoms with E-state index in [0.29, 0.717) is 12.7 Å². The van der Waals surface area contributed by atoms with E-state index in [1.807, 2.05) is 30.3 Å². The summed E-state index contributed by atoms with van der Waals surface area (Å²) in [7, 11) is 0.699. The molecular weight excluding hydrogens is 275 g/mol. The van der Waals surface area contributed by atoms with Gasteiger partial charge in [-0.15, -0.1) is 11.3 Å². The van der Waals surface area contributed by atoms with Crippen LogP contribution in [0.4, 0.5) is 0 Å². The lowest BCUT2D eigenvalue weighted by atomic mass is 9.90. The van der Waals surface area contributed by atoms with Crippen LogP contribution >= 0.6 is 11.3 Å². The molecule has 0 amide bonds. The van der Waals surface area contributed by atoms with E-state index in [2.05, 4.69) is 0 Å². The third kappa shape index (κ3) is 4.79. The summed E-state index contributed by atoms with van der Waals surface area (Å²) in [5.74, 6) is 0. The standard InChI is InChI=1S/C8H6BO2S.C6H14O2/c10-9-11-8-5-6-3-1-2-4-7(6)12-8;1-5(2,7)6(3,4)8/h1-5,10H;7-8H,1-4H3. The van der Waals surface area contributed by atoms with Gasteiger partial charge in [-0.1, -0.05) is 18.2 Å². The quantitative estimate of drug-likeness (QED) is 0.760. The third-order valence-corrected chi connectivity index (χ3v) is 4.08. The van der Waals surface area contributed by atoms with Crippen molar-refractivity contribution in [2.24, 2.45) is 0 Å². The summed E-state index contributed by atoms with van der Waals surface area (Å²) in [4.78, 5) is 0. The van der Waals surface area contributed by atoms with Gasteiger partial charge in [0.05, 0.1) is 11.2 Å². The predicted octanol–water partition coefficient (Wildman–Crippen LogP) is 2.33. The first kappa shape index (κ1) is 17.0. The van der Waals surface area contributed by atoms with E-state index >= 15 is 0 Å². The molecule has 0 atom stereocenters. The molecule has 2 rings (SSSR count). The largest absolute Gasteiger partial charge is 0.569 e. The van der Waals surface area contributed by atoms with E-state index in [4.69, 9.17) is 19.9 Å². The molecule has 6 heteroatoms. The predicted molar refractivity (Wildman–Crippen MR) is 83.0 cm³/mol. The number of aliphatic hydroxyl groups is 2. The van der Waals surface area contributed by atoms with Crippen LogP contribution in [0.2, 0.25) is 0 Å². The van der Waals surface area contributed by atoms with E-state index in [9.17, 15) is 0 Å². The van der Waals surface area contributed by atoms with Crippen LogP contribution in [0.3, 0.4) is 0 Å². The first-order valence-electron chi connectivity index (χ1n) is 6.21. The van der Waals surface area contributed by atoms with Gasteiger partial charge in [-0.2, -0.15) is 0 Å². The van der Waals surface area contributed by atoms with Crippen molar-refractivity contribution in [1.82, 2.24) is 0 Å². The fraction of sp³-hybridized carbons (Fsp3) is 0.429. The summed E-state index contributed by atoms with van der Waals surface area (Å²) < 4.78 is 6.00. The molecule has 0 aliphatic carbocycles. The second-order valence-corrected chi connectivity index (χ2v) is 6.49. The van der Waals surface area contributed by atoms with E-state index in [1.165, 1.54) is 11.3 Å². The summed E-state index contributed by atoms with van der Waals surface area (Å²) in [6, 6.07) is 9.87. The minimum atomic E-state index is -1.01. The van der Waals surface area contributed by atoms with E-state index < -0.39 is 11.2 Å². The Labute approximate surface area is 124 Å². The van der Waals surface area contributed by atoms with Gasteiger partial charge in [0.25, 0.3) is 0 Å². The number of fused-ring (bicyclic) bond motifs is 1. The number of rotatable bonds is 3. The molecule has 4 nitrogen and oxygen atoms in total. The van der Waals surface area contributed by atoms with Crippen molar-refractivity contribution in [3.05, 3.63) is 30.3 Å². The Kier molecular flexibility index (Phi) is 5.59. The van der Waals surface area contributed by atoms with Crippen molar-refractivity contribution < 1.29 is 19.9 Å². The molecule has 2 aromatic rings. The normalized spacial score (nSPS) is 11.8. The van der Waals surface area contributed by atoms with Crippen molar-refractivity contribution in [2.45, 2.75) is 38.9 Å². The van der Waals surface area contributed by atoms with Gasteiger partial charge in [0.15, 0.2) is 5.06 Å². The first-order chi connectivity index (χ1) is 9.15. The van der Waals surface area contributed by atoms with Gasteiger partial charge in [-0.3, -0.25) is 0 Å². The van der Waals surface area contributed by atoms with E-state index in [-0.39, 0.29) is 0 Å². The average molecular weight is 295 g/mol. The highest BCUT2D eigenvalue weighted by Gasteiger charge is 2.31. The monoisotopic (exact) mass is 295 g/mol. The molecule has 0 aliphatic heterocycles. The van der Waals surface area contributed by atoms with Gasteiger partial charge in [-0.25, -0.2) is 0 Å². The van der Waals surface area contributed by atoms with Gasteiger partial charge < -0.3 is 19.9 Å². The molecule has 0 saturated heterocycles. The zero-order valence-electron chi connectivity index (χ0n) is 12.1. The Morgan fingerprint density at radius 2 is 1.60 bits per heavy atom. The highest BCUT2D eigenvalue weighted by Crippen LogP contribution is 2.30. The molecule has 0 aliphatic rings. The minimum absolute atomic E-state index is 0.699. The zero-order valence-corrected chi connectivity index (χ0v) is 12.9. The van der Waals surface area contributed by atoms with Crippen LogP contribution < -0.4 is 4.65 Å². The Hall–Kier alpha value is -1.08. The minimum Gasteiger partial charge on any atom is -0.530 e. The van der Waals surface area contributed by atoms with Gasteiger partial charge in [-0.05, 0) is 45.2 Å². The maximum Gasteiger partial charge on any atom is 0.569 e. The summed E-state index contributed by atoms with van der Waals surface area (Å²) in [6.07, 6.45) is 0. The van der Waals surface area contributed by atoms with Crippen molar-refractivity contribution in [1.29, 1.82) is 0 Å². The highest BCUT2D eigenvalue weighted by atomic mass is 32.1. The molecule has 1 heterocycles. The van der Waals surface area contributed by atoms with E-state index in [1.54, 1.807) is 27.7 Å². The second-order valence-electron chi connectivity index (χ2n) is 5.44. The lowest BCUT2D eigenvalue weighted by Crippen LogP contribution is -2.44. The summed E-state index contributed by atoms with van der Waals surface area (Å²) in [5, 5.41) is 28.5. The van der Waals surface area contributed by atoms with Crippen LogP contribution in [0.25, 0.3) is 10.1 Å². The fourth-order valence-electron chi connectivity index (χ4n) is 1.07. The molecular formula is C14H20BO4S. The maximum absolute atomic E-state index is 9.10. The van der Waals surface area contributed by atoms with Gasteiger partial charge >= 0.3 is 7.69 Å². The molecule has 1 aromatic carbocycles. The van der Waals surface area contributed by atoms with Crippen LogP contribution in [-0.2, 0) is 0 Å². The number of hydrogen-bond donors (Lipinski definition) is 3. The maximum atomic E-state index is 9.10. The molecule has 3 N–H and O–H groups in total. The smallest absolute Gasteiger partial charge is 0.530 e. The first-order valence-corrected chi connectivity index (χ1v) is 7.02. The molecule has 1 aromatic heterocycles. The topological polar surface area (TPSA) is 69.9 Å². The molecule has 109 valence electrons. The van der Waals surface area contributed by atoms with Crippen LogP contribution in [-0.4, -0.2) is 34.1 Å². The van der Waals surface area contributed by atoms with Crippen LogP contribution in [0.15, 0.2) is 30.3 Å². The number of thiophene rings is 1. The SMILES string of the molecule is CC(C)(O)C(C)(C)O.O[B]Oc1cc2ccccc2s1. The third-order valence-electron chi connectivity index (χ3n) is 3.07. The molecule has 0 saturated carbocycles. The Morgan fingerprint density at radius 1 is 1.05 bits per heavy atom. The van der Waals surface area contributed by atoms with Crippen molar-refractivity contribution >= 4 is 29.1 Å². The Bertz CT molecular complexity index is 495. The zero-order chi connectivity index (χ0) is 15.4. The molecule has 0 bridgehead atoms. The van der Waals surface area contributed by atoms with E-state index in [0.717, 1.165) is 10.1 Å². The summed E-state index contributed by atoms with van der Waals surface area (Å²) in [6.45, 7) is 6.31. The summed E-state index contributed by atoms with van der Waals surface area (Å²) in [5.41, 5.74) is -2.01. The fourth-order valence-corrected chi connectivity index (χ4v) is 1.95. The average Bonchev–Trinajstić information content (AvgIpc) is 2.69. The summed E-state index contributed by atoms with van der Waals surface area (Å²) >= 11 is 1.51. The van der Waals surface area contributed by atoms with Crippen LogP contribution in [0, 0.1) is 0 Å². The van der Waals surface area contributed by atoms with Gasteiger partial charge in [0.2, 0.25) is 0 Å². The van der Waals surface area contributed by atoms with Crippen molar-refractivity contribution in [3.63, 3.8) is 0 Å². The molecule has 0 unspecified atom stereocenters.